The quantitative estimate of drug-likeness (QED) is 0.908. The molecule has 1 N–H and O–H groups in total. The summed E-state index contributed by atoms with van der Waals surface area (Å²) in [4.78, 5) is 27.9. The second-order valence-electron chi connectivity index (χ2n) is 7.43. The van der Waals surface area contributed by atoms with Crippen LogP contribution >= 0.6 is 11.3 Å². The lowest BCUT2D eigenvalue weighted by Gasteiger charge is -2.38. The summed E-state index contributed by atoms with van der Waals surface area (Å²) in [5.74, 6) is 0.207. The number of nitrogens with zero attached hydrogens (tertiary/aromatic N) is 1. The summed E-state index contributed by atoms with van der Waals surface area (Å²) >= 11 is 1.45. The minimum absolute atomic E-state index is 0.00993. The van der Waals surface area contributed by atoms with Crippen molar-refractivity contribution in [3.8, 4) is 0 Å². The first-order valence-electron chi connectivity index (χ1n) is 8.87. The van der Waals surface area contributed by atoms with E-state index in [1.165, 1.54) is 30.6 Å². The maximum atomic E-state index is 12.9. The van der Waals surface area contributed by atoms with Gasteiger partial charge >= 0.3 is 0 Å². The summed E-state index contributed by atoms with van der Waals surface area (Å²) in [7, 11) is 0. The summed E-state index contributed by atoms with van der Waals surface area (Å²) < 4.78 is 5.40. The monoisotopic (exact) mass is 348 g/mol. The zero-order valence-corrected chi connectivity index (χ0v) is 14.6. The Bertz CT molecular complexity index is 606. The summed E-state index contributed by atoms with van der Waals surface area (Å²) in [5.41, 5.74) is 0.313. The van der Waals surface area contributed by atoms with Crippen molar-refractivity contribution < 1.29 is 14.3 Å². The fourth-order valence-corrected chi connectivity index (χ4v) is 4.95. The van der Waals surface area contributed by atoms with Crippen LogP contribution in [0.15, 0.2) is 17.5 Å². The average Bonchev–Trinajstić information content (AvgIpc) is 3.31. The highest BCUT2D eigenvalue weighted by Crippen LogP contribution is 2.50. The van der Waals surface area contributed by atoms with E-state index in [4.69, 9.17) is 4.74 Å². The van der Waals surface area contributed by atoms with Crippen LogP contribution in [0.2, 0.25) is 0 Å². The van der Waals surface area contributed by atoms with Crippen molar-refractivity contribution in [2.75, 3.05) is 26.3 Å². The van der Waals surface area contributed by atoms with Gasteiger partial charge in [0.1, 0.15) is 0 Å². The normalized spacial score (nSPS) is 28.1. The lowest BCUT2D eigenvalue weighted by Crippen LogP contribution is -2.45. The van der Waals surface area contributed by atoms with Crippen LogP contribution < -0.4 is 5.32 Å². The van der Waals surface area contributed by atoms with Gasteiger partial charge < -0.3 is 15.0 Å². The van der Waals surface area contributed by atoms with Gasteiger partial charge in [0.05, 0.1) is 17.4 Å². The Morgan fingerprint density at radius 1 is 1.42 bits per heavy atom. The molecule has 0 radical (unpaired) electrons. The molecule has 3 heterocycles. The van der Waals surface area contributed by atoms with Crippen LogP contribution in [0.4, 0.5) is 0 Å². The van der Waals surface area contributed by atoms with Gasteiger partial charge in [0.25, 0.3) is 5.91 Å². The van der Waals surface area contributed by atoms with Crippen LogP contribution in [-0.2, 0) is 9.53 Å². The highest BCUT2D eigenvalue weighted by atomic mass is 32.1. The first-order valence-corrected chi connectivity index (χ1v) is 9.75. The zero-order valence-electron chi connectivity index (χ0n) is 13.8. The van der Waals surface area contributed by atoms with Gasteiger partial charge in [-0.15, -0.1) is 11.3 Å². The molecule has 6 heteroatoms. The maximum Gasteiger partial charge on any atom is 0.261 e. The number of amides is 2. The molecule has 24 heavy (non-hydrogen) atoms. The third-order valence-corrected chi connectivity index (χ3v) is 6.70. The molecule has 2 amide bonds. The van der Waals surface area contributed by atoms with E-state index < -0.39 is 0 Å². The van der Waals surface area contributed by atoms with Gasteiger partial charge in [0.2, 0.25) is 5.91 Å². The molecule has 1 unspecified atom stereocenters. The molecule has 1 aromatic heterocycles. The van der Waals surface area contributed by atoms with Gasteiger partial charge in [-0.2, -0.15) is 0 Å². The van der Waals surface area contributed by atoms with Gasteiger partial charge in [0.15, 0.2) is 0 Å². The molecule has 1 aliphatic carbocycles. The van der Waals surface area contributed by atoms with E-state index in [-0.39, 0.29) is 23.8 Å². The molecule has 3 aliphatic rings. The summed E-state index contributed by atoms with van der Waals surface area (Å²) in [6.45, 7) is 2.66. The highest BCUT2D eigenvalue weighted by Gasteiger charge is 2.50. The van der Waals surface area contributed by atoms with Gasteiger partial charge in [-0.05, 0) is 42.5 Å². The number of carbonyl (C=O) groups excluding carboxylic acids is 2. The molecule has 5 nitrogen and oxygen atoms in total. The highest BCUT2D eigenvalue weighted by molar-refractivity contribution is 7.12. The predicted molar refractivity (Wildman–Crippen MR) is 92.0 cm³/mol. The standard InChI is InChI=1S/C18H24N2O3S/c21-16(15-3-1-8-24-15)19-10-14-9-18(5-2-6-18)12-20(14)17(22)13-4-7-23-11-13/h1,3,8,13-14H,2,4-7,9-12H2,(H,19,21)/t13-,14?/m1/s1. The predicted octanol–water partition coefficient (Wildman–Crippen LogP) is 2.29. The molecule has 1 spiro atoms. The minimum Gasteiger partial charge on any atom is -0.381 e. The van der Waals surface area contributed by atoms with Crippen molar-refractivity contribution in [1.29, 1.82) is 0 Å². The van der Waals surface area contributed by atoms with Crippen molar-refractivity contribution in [2.24, 2.45) is 11.3 Å². The van der Waals surface area contributed by atoms with Crippen LogP contribution in [0, 0.1) is 11.3 Å². The molecule has 0 bridgehead atoms. The van der Waals surface area contributed by atoms with Crippen molar-refractivity contribution in [2.45, 2.75) is 38.1 Å². The van der Waals surface area contributed by atoms with Gasteiger partial charge in [-0.3, -0.25) is 9.59 Å². The second kappa shape index (κ2) is 6.48. The number of carbonyl (C=O) groups is 2. The molecule has 4 rings (SSSR count). The van der Waals surface area contributed by atoms with E-state index in [1.807, 2.05) is 22.4 Å². The second-order valence-corrected chi connectivity index (χ2v) is 8.37. The molecule has 3 fully saturated rings. The van der Waals surface area contributed by atoms with Crippen LogP contribution in [0.25, 0.3) is 0 Å². The molecule has 2 atom stereocenters. The van der Waals surface area contributed by atoms with E-state index in [9.17, 15) is 9.59 Å². The first-order chi connectivity index (χ1) is 11.7. The Hall–Kier alpha value is -1.40. The Kier molecular flexibility index (Phi) is 4.35. The Morgan fingerprint density at radius 3 is 2.92 bits per heavy atom. The Balaban J connectivity index is 1.42. The molecule has 0 aromatic carbocycles. The van der Waals surface area contributed by atoms with Crippen molar-refractivity contribution in [3.63, 3.8) is 0 Å². The topological polar surface area (TPSA) is 58.6 Å². The van der Waals surface area contributed by atoms with Crippen molar-refractivity contribution >= 4 is 23.2 Å². The maximum absolute atomic E-state index is 12.9. The number of hydrogen-bond donors (Lipinski definition) is 1. The number of ether oxygens (including phenoxy) is 1. The number of hydrogen-bond acceptors (Lipinski definition) is 4. The molecule has 2 saturated heterocycles. The third-order valence-electron chi connectivity index (χ3n) is 5.83. The summed E-state index contributed by atoms with van der Waals surface area (Å²) in [6, 6.07) is 3.84. The van der Waals surface area contributed by atoms with E-state index in [2.05, 4.69) is 5.32 Å². The number of thiophene rings is 1. The molecular weight excluding hydrogens is 324 g/mol. The average molecular weight is 348 g/mol. The molecule has 1 aromatic rings. The molecular formula is C18H24N2O3S. The Labute approximate surface area is 146 Å². The van der Waals surface area contributed by atoms with Gasteiger partial charge in [-0.1, -0.05) is 12.5 Å². The third kappa shape index (κ3) is 2.97. The summed E-state index contributed by atoms with van der Waals surface area (Å²) in [6.07, 6.45) is 5.55. The largest absolute Gasteiger partial charge is 0.381 e. The molecule has 130 valence electrons. The zero-order chi connectivity index (χ0) is 16.6. The fourth-order valence-electron chi connectivity index (χ4n) is 4.31. The van der Waals surface area contributed by atoms with E-state index in [0.717, 1.165) is 24.3 Å². The number of nitrogens with one attached hydrogen (secondary N) is 1. The summed E-state index contributed by atoms with van der Waals surface area (Å²) in [5, 5.41) is 4.94. The first kappa shape index (κ1) is 16.1. The lowest BCUT2D eigenvalue weighted by molar-refractivity contribution is -0.136. The van der Waals surface area contributed by atoms with Crippen LogP contribution in [0.3, 0.4) is 0 Å². The fraction of sp³-hybridized carbons (Fsp3) is 0.667. The minimum atomic E-state index is -0.0313. The van der Waals surface area contributed by atoms with E-state index >= 15 is 0 Å². The molecule has 2 aliphatic heterocycles. The van der Waals surface area contributed by atoms with Gasteiger partial charge in [-0.25, -0.2) is 0 Å². The SMILES string of the molecule is O=C(NCC1CC2(CCC2)CN1C(=O)[C@@H]1CCOC1)c1cccs1. The van der Waals surface area contributed by atoms with E-state index in [1.54, 1.807) is 0 Å². The number of likely N-dealkylation sites (tertiary alicyclic amines) is 1. The lowest BCUT2D eigenvalue weighted by atomic mass is 9.67. The van der Waals surface area contributed by atoms with Gasteiger partial charge in [0, 0.05) is 25.7 Å². The van der Waals surface area contributed by atoms with Crippen LogP contribution in [0.5, 0.6) is 0 Å². The smallest absolute Gasteiger partial charge is 0.261 e. The Morgan fingerprint density at radius 2 is 2.29 bits per heavy atom. The van der Waals surface area contributed by atoms with Crippen molar-refractivity contribution in [1.82, 2.24) is 10.2 Å². The van der Waals surface area contributed by atoms with Crippen LogP contribution in [0.1, 0.15) is 41.8 Å². The van der Waals surface area contributed by atoms with E-state index in [0.29, 0.717) is 25.2 Å². The van der Waals surface area contributed by atoms with Crippen molar-refractivity contribution in [3.05, 3.63) is 22.4 Å². The molecule has 1 saturated carbocycles. The van der Waals surface area contributed by atoms with Crippen LogP contribution in [-0.4, -0.2) is 49.1 Å². The number of rotatable bonds is 4.